The van der Waals surface area contributed by atoms with Gasteiger partial charge in [-0.3, -0.25) is 14.9 Å². The number of carbonyl (C=O) groups is 2. The second-order valence-electron chi connectivity index (χ2n) is 5.42. The number of alkyl halides is 3. The van der Waals surface area contributed by atoms with Crippen molar-refractivity contribution < 1.29 is 36.8 Å². The molecule has 28 heavy (non-hydrogen) atoms. The molecule has 11 heteroatoms. The van der Waals surface area contributed by atoms with Crippen LogP contribution in [-0.4, -0.2) is 23.4 Å². The number of benzene rings is 1. The summed E-state index contributed by atoms with van der Waals surface area (Å²) in [5.41, 5.74) is -2.63. The van der Waals surface area contributed by atoms with Crippen LogP contribution < -0.4 is 5.32 Å². The van der Waals surface area contributed by atoms with Crippen molar-refractivity contribution in [3.8, 4) is 0 Å². The third kappa shape index (κ3) is 5.69. The van der Waals surface area contributed by atoms with Gasteiger partial charge in [0.2, 0.25) is 0 Å². The van der Waals surface area contributed by atoms with E-state index in [1.54, 1.807) is 19.1 Å². The molecule has 2 rings (SSSR count). The van der Waals surface area contributed by atoms with E-state index in [0.717, 1.165) is 12.1 Å². The minimum Gasteiger partial charge on any atom is -0.462 e. The van der Waals surface area contributed by atoms with E-state index >= 15 is 0 Å². The fourth-order valence-corrected chi connectivity index (χ4v) is 2.03. The van der Waals surface area contributed by atoms with Crippen LogP contribution in [-0.2, 0) is 20.5 Å². The maximum absolute atomic E-state index is 12.7. The number of nitro benzene ring substituents is 1. The standard InChI is InChI=1S/C17H13F3N2O6/c1-10-2-4-12(28-10)5-7-16(24)27-9-15(23)21-13-6-3-11(17(18,19)20)8-14(13)22(25)26/h2-8H,9H2,1H3,(H,21,23)/b7-5+. The highest BCUT2D eigenvalue weighted by Crippen LogP contribution is 2.34. The van der Waals surface area contributed by atoms with E-state index < -0.39 is 46.5 Å². The monoisotopic (exact) mass is 398 g/mol. The molecule has 1 amide bonds. The van der Waals surface area contributed by atoms with Crippen LogP contribution in [0.5, 0.6) is 0 Å². The Bertz CT molecular complexity index is 933. The first-order valence-corrected chi connectivity index (χ1v) is 7.63. The van der Waals surface area contributed by atoms with Crippen LogP contribution >= 0.6 is 0 Å². The summed E-state index contributed by atoms with van der Waals surface area (Å²) in [7, 11) is 0. The minimum atomic E-state index is -4.78. The number of rotatable bonds is 6. The van der Waals surface area contributed by atoms with E-state index in [1.165, 1.54) is 6.08 Å². The van der Waals surface area contributed by atoms with Crippen molar-refractivity contribution in [3.63, 3.8) is 0 Å². The van der Waals surface area contributed by atoms with Gasteiger partial charge < -0.3 is 14.5 Å². The molecule has 0 fully saturated rings. The Morgan fingerprint density at radius 3 is 2.57 bits per heavy atom. The van der Waals surface area contributed by atoms with E-state index in [1.807, 2.05) is 5.32 Å². The van der Waals surface area contributed by atoms with Crippen molar-refractivity contribution in [2.24, 2.45) is 0 Å². The molecule has 148 valence electrons. The fourth-order valence-electron chi connectivity index (χ4n) is 2.03. The molecule has 1 aromatic heterocycles. The van der Waals surface area contributed by atoms with Gasteiger partial charge in [-0.1, -0.05) is 0 Å². The Morgan fingerprint density at radius 2 is 2.00 bits per heavy atom. The lowest BCUT2D eigenvalue weighted by Crippen LogP contribution is -2.21. The first-order valence-electron chi connectivity index (χ1n) is 7.63. The minimum absolute atomic E-state index is 0.301. The zero-order valence-electron chi connectivity index (χ0n) is 14.3. The number of halogens is 3. The van der Waals surface area contributed by atoms with Crippen LogP contribution in [0.3, 0.4) is 0 Å². The number of nitrogens with one attached hydrogen (secondary N) is 1. The van der Waals surface area contributed by atoms with Crippen molar-refractivity contribution >= 4 is 29.3 Å². The van der Waals surface area contributed by atoms with Gasteiger partial charge in [0.1, 0.15) is 17.2 Å². The molecule has 0 aliphatic carbocycles. The molecule has 8 nitrogen and oxygen atoms in total. The lowest BCUT2D eigenvalue weighted by atomic mass is 10.1. The van der Waals surface area contributed by atoms with Gasteiger partial charge in [-0.05, 0) is 37.3 Å². The largest absolute Gasteiger partial charge is 0.462 e. The average molecular weight is 398 g/mol. The number of nitro groups is 1. The number of aryl methyl sites for hydroxylation is 1. The molecule has 0 aliphatic rings. The van der Waals surface area contributed by atoms with Gasteiger partial charge in [0.15, 0.2) is 6.61 Å². The summed E-state index contributed by atoms with van der Waals surface area (Å²) in [4.78, 5) is 33.2. The summed E-state index contributed by atoms with van der Waals surface area (Å²) in [6.45, 7) is 0.916. The van der Waals surface area contributed by atoms with Crippen LogP contribution in [0.4, 0.5) is 24.5 Å². The lowest BCUT2D eigenvalue weighted by molar-refractivity contribution is -0.384. The van der Waals surface area contributed by atoms with Crippen molar-refractivity contribution in [2.75, 3.05) is 11.9 Å². The molecular weight excluding hydrogens is 385 g/mol. The number of anilines is 1. The molecule has 1 heterocycles. The molecule has 0 saturated heterocycles. The van der Waals surface area contributed by atoms with Gasteiger partial charge in [0.05, 0.1) is 10.5 Å². The maximum atomic E-state index is 12.7. The quantitative estimate of drug-likeness (QED) is 0.344. The Balaban J connectivity index is 1.98. The van der Waals surface area contributed by atoms with Crippen molar-refractivity contribution in [2.45, 2.75) is 13.1 Å². The van der Waals surface area contributed by atoms with E-state index in [9.17, 15) is 32.9 Å². The number of carbonyl (C=O) groups excluding carboxylic acids is 2. The van der Waals surface area contributed by atoms with Crippen LogP contribution in [0.15, 0.2) is 40.8 Å². The number of hydrogen-bond donors (Lipinski definition) is 1. The summed E-state index contributed by atoms with van der Waals surface area (Å²) >= 11 is 0. The Labute approximate surface area is 155 Å². The fraction of sp³-hybridized carbons (Fsp3) is 0.176. The SMILES string of the molecule is Cc1ccc(/C=C/C(=O)OCC(=O)Nc2ccc(C(F)(F)F)cc2[N+](=O)[O-])o1. The maximum Gasteiger partial charge on any atom is 0.416 e. The number of ether oxygens (including phenoxy) is 1. The van der Waals surface area contributed by atoms with Crippen LogP contribution in [0.1, 0.15) is 17.1 Å². The van der Waals surface area contributed by atoms with E-state index in [4.69, 9.17) is 4.42 Å². The summed E-state index contributed by atoms with van der Waals surface area (Å²) in [6, 6.07) is 4.92. The van der Waals surface area contributed by atoms with Gasteiger partial charge >= 0.3 is 12.1 Å². The molecule has 0 bridgehead atoms. The number of hydrogen-bond acceptors (Lipinski definition) is 6. The summed E-state index contributed by atoms with van der Waals surface area (Å²) < 4.78 is 47.8. The van der Waals surface area contributed by atoms with Crippen LogP contribution in [0, 0.1) is 17.0 Å². The molecule has 0 unspecified atom stereocenters. The van der Waals surface area contributed by atoms with Gasteiger partial charge in [0, 0.05) is 12.1 Å². The van der Waals surface area contributed by atoms with Gasteiger partial charge in [-0.15, -0.1) is 0 Å². The van der Waals surface area contributed by atoms with Crippen molar-refractivity contribution in [1.82, 2.24) is 0 Å². The van der Waals surface area contributed by atoms with Gasteiger partial charge in [-0.25, -0.2) is 4.79 Å². The number of nitrogens with zero attached hydrogens (tertiary/aromatic N) is 1. The van der Waals surface area contributed by atoms with E-state index in [-0.39, 0.29) is 0 Å². The normalized spacial score (nSPS) is 11.4. The second kappa shape index (κ2) is 8.37. The third-order valence-electron chi connectivity index (χ3n) is 3.29. The lowest BCUT2D eigenvalue weighted by Gasteiger charge is -2.10. The predicted octanol–water partition coefficient (Wildman–Crippen LogP) is 3.71. The highest BCUT2D eigenvalue weighted by molar-refractivity contribution is 5.96. The molecule has 0 saturated carbocycles. The number of furan rings is 1. The highest BCUT2D eigenvalue weighted by atomic mass is 19.4. The topological polar surface area (TPSA) is 112 Å². The van der Waals surface area contributed by atoms with Gasteiger partial charge in [0.25, 0.3) is 11.6 Å². The smallest absolute Gasteiger partial charge is 0.416 e. The third-order valence-corrected chi connectivity index (χ3v) is 3.29. The number of esters is 1. The van der Waals surface area contributed by atoms with Crippen molar-refractivity contribution in [1.29, 1.82) is 0 Å². The number of amides is 1. The summed E-state index contributed by atoms with van der Waals surface area (Å²) in [5.74, 6) is -0.825. The van der Waals surface area contributed by atoms with E-state index in [2.05, 4.69) is 4.74 Å². The first-order chi connectivity index (χ1) is 13.1. The van der Waals surface area contributed by atoms with Crippen LogP contribution in [0.2, 0.25) is 0 Å². The molecule has 0 spiro atoms. The zero-order valence-corrected chi connectivity index (χ0v) is 14.3. The zero-order chi connectivity index (χ0) is 20.9. The summed E-state index contributed by atoms with van der Waals surface area (Å²) in [5, 5.41) is 13.0. The van der Waals surface area contributed by atoms with Gasteiger partial charge in [-0.2, -0.15) is 13.2 Å². The molecular formula is C17H13F3N2O6. The average Bonchev–Trinajstić information content (AvgIpc) is 3.02. The predicted molar refractivity (Wildman–Crippen MR) is 90.2 cm³/mol. The second-order valence-corrected chi connectivity index (χ2v) is 5.42. The molecule has 1 N–H and O–H groups in total. The first kappa shape index (κ1) is 20.7. The van der Waals surface area contributed by atoms with Crippen molar-refractivity contribution in [3.05, 3.63) is 63.6 Å². The molecule has 1 aromatic carbocycles. The Kier molecular flexibility index (Phi) is 6.18. The Hall–Kier alpha value is -3.63. The molecule has 2 aromatic rings. The van der Waals surface area contributed by atoms with E-state index in [0.29, 0.717) is 23.7 Å². The van der Waals surface area contributed by atoms with Crippen LogP contribution in [0.25, 0.3) is 6.08 Å². The summed E-state index contributed by atoms with van der Waals surface area (Å²) in [6.07, 6.45) is -2.46. The molecule has 0 aliphatic heterocycles. The highest BCUT2D eigenvalue weighted by Gasteiger charge is 2.33. The Morgan fingerprint density at radius 1 is 1.29 bits per heavy atom. The molecule has 0 atom stereocenters. The molecule has 0 radical (unpaired) electrons.